The summed E-state index contributed by atoms with van der Waals surface area (Å²) in [7, 11) is 0. The van der Waals surface area contributed by atoms with Crippen LogP contribution in [0.3, 0.4) is 0 Å². The van der Waals surface area contributed by atoms with Gasteiger partial charge in [-0.15, -0.1) is 13.2 Å². The molecule has 3 aliphatic carbocycles. The van der Waals surface area contributed by atoms with Crippen LogP contribution < -0.4 is 15.4 Å². The first-order valence-corrected chi connectivity index (χ1v) is 13.0. The lowest BCUT2D eigenvalue weighted by Crippen LogP contribution is -2.49. The number of carbonyl (C=O) groups excluding carboxylic acids is 3. The molecule has 0 atom stereocenters. The highest BCUT2D eigenvalue weighted by Crippen LogP contribution is 2.56. The first kappa shape index (κ1) is 28.4. The normalized spacial score (nSPS) is 22.0. The zero-order chi connectivity index (χ0) is 29.6. The molecule has 0 radical (unpaired) electrons. The predicted octanol–water partition coefficient (Wildman–Crippen LogP) is 4.50. The molecule has 3 saturated carbocycles. The van der Waals surface area contributed by atoms with Crippen LogP contribution in [0.5, 0.6) is 5.75 Å². The van der Waals surface area contributed by atoms with Crippen LogP contribution in [0.15, 0.2) is 30.5 Å². The van der Waals surface area contributed by atoms with Gasteiger partial charge in [-0.05, 0) is 68.6 Å². The summed E-state index contributed by atoms with van der Waals surface area (Å²) in [6.07, 6.45) is 0.426. The van der Waals surface area contributed by atoms with Crippen molar-refractivity contribution < 1.29 is 41.1 Å². The van der Waals surface area contributed by atoms with Crippen LogP contribution >= 0.6 is 0 Å². The molecule has 2 heterocycles. The molecule has 0 aliphatic heterocycles. The third-order valence-corrected chi connectivity index (χ3v) is 8.34. The van der Waals surface area contributed by atoms with E-state index in [-0.39, 0.29) is 45.8 Å². The second kappa shape index (κ2) is 10.4. The highest BCUT2D eigenvalue weighted by Gasteiger charge is 2.50. The van der Waals surface area contributed by atoms with Gasteiger partial charge in [0.1, 0.15) is 17.2 Å². The maximum Gasteiger partial charge on any atom is 0.573 e. The van der Waals surface area contributed by atoms with Crippen molar-refractivity contribution in [1.82, 2.24) is 25.2 Å². The molecule has 41 heavy (non-hydrogen) atoms. The fourth-order valence-electron chi connectivity index (χ4n) is 5.76. The van der Waals surface area contributed by atoms with E-state index in [2.05, 4.69) is 25.5 Å². The van der Waals surface area contributed by atoms with Gasteiger partial charge in [0.25, 0.3) is 11.8 Å². The molecule has 3 aromatic rings. The molecule has 3 fully saturated rings. The second-order valence-corrected chi connectivity index (χ2v) is 10.8. The van der Waals surface area contributed by atoms with E-state index in [0.29, 0.717) is 6.54 Å². The number of hydrogen-bond acceptors (Lipinski definition) is 6. The van der Waals surface area contributed by atoms with Gasteiger partial charge in [0.15, 0.2) is 23.0 Å². The zero-order valence-electron chi connectivity index (χ0n) is 21.9. The lowest BCUT2D eigenvalue weighted by atomic mass is 9.52. The van der Waals surface area contributed by atoms with E-state index in [1.807, 2.05) is 0 Å². The average Bonchev–Trinajstić information content (AvgIpc) is 3.32. The number of aromatic nitrogens is 3. The Labute approximate surface area is 230 Å². The third kappa shape index (κ3) is 5.72. The topological polar surface area (TPSA) is 115 Å². The van der Waals surface area contributed by atoms with E-state index in [9.17, 15) is 36.3 Å². The lowest BCUT2D eigenvalue weighted by Gasteiger charge is -2.52. The van der Waals surface area contributed by atoms with Gasteiger partial charge in [-0.3, -0.25) is 14.4 Å². The van der Waals surface area contributed by atoms with Crippen molar-refractivity contribution >= 4 is 23.2 Å². The van der Waals surface area contributed by atoms with Crippen LogP contribution in [-0.4, -0.2) is 45.1 Å². The van der Waals surface area contributed by atoms with Crippen LogP contribution in [0.25, 0.3) is 5.65 Å². The zero-order valence-corrected chi connectivity index (χ0v) is 21.9. The van der Waals surface area contributed by atoms with E-state index >= 15 is 0 Å². The maximum absolute atomic E-state index is 14.4. The summed E-state index contributed by atoms with van der Waals surface area (Å²) >= 11 is 0. The van der Waals surface area contributed by atoms with Gasteiger partial charge in [-0.25, -0.2) is 18.3 Å². The number of halogens is 5. The molecule has 3 aliphatic rings. The van der Waals surface area contributed by atoms with E-state index in [0.717, 1.165) is 73.5 Å². The standard InChI is InChI=1S/C27H26F5N5O4/c1-15(38)26-7-4-25(5-8-26,6-9-26)14-34-24(40)20-11-19(36-22-18(29)13-35-37(20)22)23(39)33-12-16-2-3-17(28)21(10-16)41-27(30,31)32/h2-3,10-11,13H,4-9,12,14H2,1H3,(H,33,39)(H,34,40). The van der Waals surface area contributed by atoms with Crippen molar-refractivity contribution in [3.63, 3.8) is 0 Å². The number of ketones is 1. The second-order valence-electron chi connectivity index (χ2n) is 10.8. The van der Waals surface area contributed by atoms with Gasteiger partial charge >= 0.3 is 6.36 Å². The number of Topliss-reactive ketones (excluding diaryl/α,β-unsaturated/α-hetero) is 1. The molecule has 2 N–H and O–H groups in total. The number of carbonyl (C=O) groups is 3. The van der Waals surface area contributed by atoms with Crippen molar-refractivity contribution in [3.05, 3.63) is 59.0 Å². The predicted molar refractivity (Wildman–Crippen MR) is 133 cm³/mol. The molecule has 2 bridgehead atoms. The summed E-state index contributed by atoms with van der Waals surface area (Å²) in [6.45, 7) is 1.63. The molecule has 9 nitrogen and oxygen atoms in total. The summed E-state index contributed by atoms with van der Waals surface area (Å²) in [5, 5.41) is 9.14. The summed E-state index contributed by atoms with van der Waals surface area (Å²) in [4.78, 5) is 42.2. The Hall–Kier alpha value is -4.10. The molecular weight excluding hydrogens is 553 g/mol. The number of ether oxygens (including phenoxy) is 1. The van der Waals surface area contributed by atoms with Crippen LogP contribution in [0, 0.1) is 22.5 Å². The number of hydrogen-bond donors (Lipinski definition) is 2. The Balaban J connectivity index is 1.30. The number of nitrogens with one attached hydrogen (secondary N) is 2. The molecule has 6 rings (SSSR count). The highest BCUT2D eigenvalue weighted by atomic mass is 19.4. The minimum absolute atomic E-state index is 0.0848. The molecule has 14 heteroatoms. The van der Waals surface area contributed by atoms with E-state index < -0.39 is 35.6 Å². The fourth-order valence-corrected chi connectivity index (χ4v) is 5.76. The van der Waals surface area contributed by atoms with Gasteiger partial charge in [0.2, 0.25) is 0 Å². The number of nitrogens with zero attached hydrogens (tertiary/aromatic N) is 3. The Morgan fingerprint density at radius 1 is 0.976 bits per heavy atom. The Morgan fingerprint density at radius 2 is 1.66 bits per heavy atom. The SMILES string of the molecule is CC(=O)C12CCC(CNC(=O)c3cc(C(=O)NCc4ccc(F)c(OC(F)(F)F)c4)nc4c(F)cnn34)(CC1)CC2. The van der Waals surface area contributed by atoms with Gasteiger partial charge in [0, 0.05) is 24.6 Å². The van der Waals surface area contributed by atoms with Gasteiger partial charge < -0.3 is 15.4 Å². The fraction of sp³-hybridized carbons (Fsp3) is 0.444. The minimum Gasteiger partial charge on any atom is -0.403 e. The quantitative estimate of drug-likeness (QED) is 0.380. The summed E-state index contributed by atoms with van der Waals surface area (Å²) in [6, 6.07) is 3.83. The molecule has 0 saturated heterocycles. The first-order valence-electron chi connectivity index (χ1n) is 13.0. The van der Waals surface area contributed by atoms with Crippen molar-refractivity contribution in [2.75, 3.05) is 6.54 Å². The largest absolute Gasteiger partial charge is 0.573 e. The molecule has 2 amide bonds. The van der Waals surface area contributed by atoms with E-state index in [1.165, 1.54) is 0 Å². The first-order chi connectivity index (χ1) is 19.3. The molecule has 1 aromatic carbocycles. The highest BCUT2D eigenvalue weighted by molar-refractivity contribution is 5.98. The van der Waals surface area contributed by atoms with E-state index in [1.54, 1.807) is 6.92 Å². The Morgan fingerprint density at radius 3 is 2.29 bits per heavy atom. The smallest absolute Gasteiger partial charge is 0.403 e. The number of benzene rings is 1. The number of rotatable bonds is 8. The maximum atomic E-state index is 14.4. The third-order valence-electron chi connectivity index (χ3n) is 8.34. The van der Waals surface area contributed by atoms with Gasteiger partial charge in [0.05, 0.1) is 6.20 Å². The summed E-state index contributed by atoms with van der Waals surface area (Å²) < 4.78 is 70.3. The molecule has 218 valence electrons. The van der Waals surface area contributed by atoms with Crippen LogP contribution in [0.1, 0.15) is 72.0 Å². The molecular formula is C27H26F5N5O4. The lowest BCUT2D eigenvalue weighted by molar-refractivity contribution is -0.275. The van der Waals surface area contributed by atoms with Crippen molar-refractivity contribution in [2.45, 2.75) is 58.4 Å². The minimum atomic E-state index is -5.11. The van der Waals surface area contributed by atoms with Crippen LogP contribution in [0.4, 0.5) is 22.0 Å². The van der Waals surface area contributed by atoms with Crippen molar-refractivity contribution in [1.29, 1.82) is 0 Å². The summed E-state index contributed by atoms with van der Waals surface area (Å²) in [5.41, 5.74) is -1.19. The monoisotopic (exact) mass is 579 g/mol. The summed E-state index contributed by atoms with van der Waals surface area (Å²) in [5.74, 6) is -4.44. The van der Waals surface area contributed by atoms with Gasteiger partial charge in [-0.1, -0.05) is 6.07 Å². The molecule has 0 spiro atoms. The Bertz CT molecular complexity index is 1510. The van der Waals surface area contributed by atoms with Crippen LogP contribution in [0.2, 0.25) is 0 Å². The number of alkyl halides is 3. The van der Waals surface area contributed by atoms with Gasteiger partial charge in [-0.2, -0.15) is 5.10 Å². The molecule has 0 unspecified atom stereocenters. The molecule has 2 aromatic heterocycles. The Kier molecular flexibility index (Phi) is 7.20. The number of fused-ring (bicyclic) bond motifs is 4. The van der Waals surface area contributed by atoms with E-state index in [4.69, 9.17) is 0 Å². The number of amides is 2. The van der Waals surface area contributed by atoms with Crippen LogP contribution in [-0.2, 0) is 11.3 Å². The average molecular weight is 580 g/mol. The van der Waals surface area contributed by atoms with Crippen molar-refractivity contribution in [3.8, 4) is 5.75 Å². The van der Waals surface area contributed by atoms with Crippen molar-refractivity contribution in [2.24, 2.45) is 10.8 Å².